The zero-order chi connectivity index (χ0) is 16.0. The molecule has 0 saturated carbocycles. The average Bonchev–Trinajstić information content (AvgIpc) is 2.25. The lowest BCUT2D eigenvalue weighted by molar-refractivity contribution is 0.633. The summed E-state index contributed by atoms with van der Waals surface area (Å²) in [5.74, 6) is -3.43. The van der Waals surface area contributed by atoms with Gasteiger partial charge in [0, 0.05) is 12.3 Å². The first-order valence-corrected chi connectivity index (χ1v) is 2.83. The number of aromatic nitrogens is 2. The van der Waals surface area contributed by atoms with Crippen LogP contribution in [0.1, 0.15) is 31.7 Å². The van der Waals surface area contributed by atoms with Crippen LogP contribution in [0.4, 0.5) is 5.82 Å². The van der Waals surface area contributed by atoms with Crippen LogP contribution in [-0.4, -0.2) is 9.97 Å². The third-order valence-electron chi connectivity index (χ3n) is 0.925. The second kappa shape index (κ2) is 3.32. The average molecular weight is 160 g/mol. The molecule has 1 heterocycles. The lowest BCUT2D eigenvalue weighted by Crippen LogP contribution is -1.99. The van der Waals surface area contributed by atoms with Crippen molar-refractivity contribution in [1.29, 1.82) is 0 Å². The van der Waals surface area contributed by atoms with E-state index in [-0.39, 0.29) is 5.82 Å². The highest BCUT2D eigenvalue weighted by Crippen LogP contribution is 2.03. The van der Waals surface area contributed by atoms with Gasteiger partial charge in [0.05, 0.1) is 18.1 Å². The van der Waals surface area contributed by atoms with Crippen molar-refractivity contribution >= 4 is 5.82 Å². The smallest absolute Gasteiger partial charge is 0.141 e. The van der Waals surface area contributed by atoms with E-state index >= 15 is 0 Å². The van der Waals surface area contributed by atoms with Crippen LogP contribution in [0, 0.1) is 5.89 Å². The van der Waals surface area contributed by atoms with Gasteiger partial charge in [-0.25, -0.2) is 4.98 Å². The summed E-state index contributed by atoms with van der Waals surface area (Å²) in [6, 6.07) is 0. The third-order valence-corrected chi connectivity index (χ3v) is 0.925. The van der Waals surface area contributed by atoms with Gasteiger partial charge in [0.1, 0.15) is 5.82 Å². The maximum Gasteiger partial charge on any atom is 0.141 e. The van der Waals surface area contributed by atoms with Gasteiger partial charge in [0.25, 0.3) is 0 Å². The molecule has 0 fully saturated rings. The maximum absolute atomic E-state index is 7.82. The Bertz CT molecular complexity index is 461. The van der Waals surface area contributed by atoms with Crippen molar-refractivity contribution in [3.63, 3.8) is 0 Å². The second-order valence-electron chi connectivity index (χ2n) is 1.83. The summed E-state index contributed by atoms with van der Waals surface area (Å²) in [6.07, 6.45) is -1.28. The monoisotopic (exact) mass is 160 g/mol. The molecule has 0 aliphatic carbocycles. The fourth-order valence-corrected chi connectivity index (χ4v) is 0.531. The Balaban J connectivity index is 3.51. The van der Waals surface area contributed by atoms with Gasteiger partial charge in [-0.15, -0.1) is 0 Å². The minimum atomic E-state index is -3.40. The highest BCUT2D eigenvalue weighted by Gasteiger charge is 1.98. The lowest BCUT2D eigenvalue weighted by atomic mass is 10.1. The molecule has 0 unspecified atom stereocenters. The van der Waals surface area contributed by atoms with Crippen LogP contribution in [0.5, 0.6) is 0 Å². The van der Waals surface area contributed by atoms with E-state index in [1.165, 1.54) is 0 Å². The molecule has 3 nitrogen and oxygen atoms in total. The van der Waals surface area contributed by atoms with Crippen LogP contribution in [0.3, 0.4) is 0 Å². The number of hydrogen-bond donors (Lipinski definition) is 1. The minimum absolute atomic E-state index is 0.0390. The normalized spacial score (nSPS) is 27.1. The Morgan fingerprint density at radius 1 is 1.73 bits per heavy atom. The Labute approximate surface area is 79.3 Å². The fraction of sp³-hybridized carbons (Fsp3) is 0.500. The van der Waals surface area contributed by atoms with E-state index in [0.717, 1.165) is 12.4 Å². The van der Waals surface area contributed by atoms with Gasteiger partial charge < -0.3 is 5.73 Å². The first kappa shape index (κ1) is 2.19. The Hall–Kier alpha value is -1.12. The Morgan fingerprint density at radius 3 is 3.09 bits per heavy atom. The molecule has 0 amide bonds. The predicted molar refractivity (Wildman–Crippen MR) is 45.0 cm³/mol. The highest BCUT2D eigenvalue weighted by molar-refractivity contribution is 5.22. The molecule has 11 heavy (non-hydrogen) atoms. The zero-order valence-electron chi connectivity index (χ0n) is 14.6. The molecule has 0 saturated heterocycles. The van der Waals surface area contributed by atoms with E-state index in [4.69, 9.17) is 18.1 Å². The topological polar surface area (TPSA) is 51.8 Å². The molecule has 60 valence electrons. The SMILES string of the molecule is [2H]C([2H])([2H])C([2H])(C([2H])([2H])[2H])C([2H])([2H])c1cnc(N)cn1. The van der Waals surface area contributed by atoms with E-state index in [2.05, 4.69) is 9.97 Å². The number of anilines is 1. The molecular formula is C8H13N3. The summed E-state index contributed by atoms with van der Waals surface area (Å²) in [5, 5.41) is 0. The molecule has 1 aromatic rings. The molecule has 0 atom stereocenters. The molecular weight excluding hydrogens is 138 g/mol. The molecule has 0 aliphatic heterocycles. The van der Waals surface area contributed by atoms with Crippen molar-refractivity contribution in [2.24, 2.45) is 5.89 Å². The lowest BCUT2D eigenvalue weighted by Gasteiger charge is -2.02. The van der Waals surface area contributed by atoms with Crippen LogP contribution in [-0.2, 0) is 6.37 Å². The molecule has 1 rings (SSSR count). The van der Waals surface area contributed by atoms with Gasteiger partial charge >= 0.3 is 0 Å². The Kier molecular flexibility index (Phi) is 0.660. The third kappa shape index (κ3) is 2.53. The van der Waals surface area contributed by atoms with E-state index in [1.54, 1.807) is 0 Å². The predicted octanol–water partition coefficient (Wildman–Crippen LogP) is 1.26. The standard InChI is InChI=1S/C8H13N3/c1-6(2)3-7-4-11-8(9)5-10-7/h4-6H,3H2,1-2H3,(H2,9,11)/i1D3,2D3,3D2,6D. The summed E-state index contributed by atoms with van der Waals surface area (Å²) in [5.41, 5.74) is 4.71. The van der Waals surface area contributed by atoms with Crippen LogP contribution in [0.25, 0.3) is 0 Å². The van der Waals surface area contributed by atoms with Crippen LogP contribution < -0.4 is 5.73 Å². The molecule has 0 radical (unpaired) electrons. The van der Waals surface area contributed by atoms with E-state index in [0.29, 0.717) is 0 Å². The Morgan fingerprint density at radius 2 is 2.55 bits per heavy atom. The molecule has 3 heteroatoms. The molecule has 0 aliphatic rings. The van der Waals surface area contributed by atoms with Crippen molar-refractivity contribution in [1.82, 2.24) is 9.97 Å². The molecule has 0 spiro atoms. The molecule has 1 aromatic heterocycles. The number of nitrogens with two attached hydrogens (primary N) is 1. The summed E-state index contributed by atoms with van der Waals surface area (Å²) in [4.78, 5) is 7.11. The van der Waals surface area contributed by atoms with Crippen LogP contribution in [0.2, 0.25) is 0 Å². The summed E-state index contributed by atoms with van der Waals surface area (Å²) in [7, 11) is 0. The summed E-state index contributed by atoms with van der Waals surface area (Å²) >= 11 is 0. The highest BCUT2D eigenvalue weighted by atomic mass is 14.9. The van der Waals surface area contributed by atoms with Crippen molar-refractivity contribution in [3.05, 3.63) is 18.1 Å². The quantitative estimate of drug-likeness (QED) is 0.708. The zero-order valence-corrected chi connectivity index (χ0v) is 5.63. The minimum Gasteiger partial charge on any atom is -0.382 e. The van der Waals surface area contributed by atoms with Crippen molar-refractivity contribution < 1.29 is 12.3 Å². The van der Waals surface area contributed by atoms with Gasteiger partial charge in [-0.05, 0) is 12.3 Å². The van der Waals surface area contributed by atoms with E-state index in [9.17, 15) is 0 Å². The molecule has 2 N–H and O–H groups in total. The van der Waals surface area contributed by atoms with E-state index in [1.807, 2.05) is 0 Å². The second-order valence-corrected chi connectivity index (χ2v) is 1.83. The van der Waals surface area contributed by atoms with E-state index < -0.39 is 31.7 Å². The largest absolute Gasteiger partial charge is 0.382 e. The van der Waals surface area contributed by atoms with Crippen LogP contribution >= 0.6 is 0 Å². The van der Waals surface area contributed by atoms with Gasteiger partial charge in [-0.1, -0.05) is 13.7 Å². The van der Waals surface area contributed by atoms with Gasteiger partial charge in [-0.2, -0.15) is 0 Å². The van der Waals surface area contributed by atoms with Gasteiger partial charge in [0.2, 0.25) is 0 Å². The summed E-state index contributed by atoms with van der Waals surface area (Å²) < 4.78 is 67.0. The summed E-state index contributed by atoms with van der Waals surface area (Å²) in [6.45, 7) is -6.80. The number of hydrogen-bond acceptors (Lipinski definition) is 3. The number of nitrogens with zero attached hydrogens (tertiary/aromatic N) is 2. The number of nitrogen functional groups attached to an aromatic ring is 1. The van der Waals surface area contributed by atoms with Crippen molar-refractivity contribution in [2.75, 3.05) is 5.73 Å². The van der Waals surface area contributed by atoms with Crippen molar-refractivity contribution in [2.45, 2.75) is 20.1 Å². The van der Waals surface area contributed by atoms with Crippen molar-refractivity contribution in [3.8, 4) is 0 Å². The molecule has 0 bridgehead atoms. The van der Waals surface area contributed by atoms with Gasteiger partial charge in [0.15, 0.2) is 0 Å². The maximum atomic E-state index is 7.82. The van der Waals surface area contributed by atoms with Gasteiger partial charge in [-0.3, -0.25) is 4.98 Å². The fourth-order valence-electron chi connectivity index (χ4n) is 0.531. The number of rotatable bonds is 2. The first-order valence-electron chi connectivity index (χ1n) is 7.33. The first-order chi connectivity index (χ1) is 8.75. The molecule has 0 aromatic carbocycles. The van der Waals surface area contributed by atoms with Crippen LogP contribution in [0.15, 0.2) is 12.4 Å².